The van der Waals surface area contributed by atoms with Crippen LogP contribution >= 0.6 is 0 Å². The lowest BCUT2D eigenvalue weighted by Gasteiger charge is -2.16. The van der Waals surface area contributed by atoms with Crippen molar-refractivity contribution in [1.82, 2.24) is 14.2 Å². The van der Waals surface area contributed by atoms with Crippen LogP contribution in [0.25, 0.3) is 5.52 Å². The first-order valence-corrected chi connectivity index (χ1v) is 5.60. The summed E-state index contributed by atoms with van der Waals surface area (Å²) in [4.78, 5) is 12.1. The molecule has 2 aromatic rings. The summed E-state index contributed by atoms with van der Waals surface area (Å²) in [6.45, 7) is 3.35. The van der Waals surface area contributed by atoms with Crippen molar-refractivity contribution in [1.29, 1.82) is 0 Å². The lowest BCUT2D eigenvalue weighted by molar-refractivity contribution is 0.0561. The Balaban J connectivity index is 2.29. The minimum absolute atomic E-state index is 0.0804. The maximum Gasteiger partial charge on any atom is 0.276 e. The molecular formula is C11H16N4O2. The Labute approximate surface area is 98.6 Å². The average Bonchev–Trinajstić information content (AvgIpc) is 2.80. The molecule has 0 amide bonds. The topological polar surface area (TPSA) is 74.6 Å². The quantitative estimate of drug-likeness (QED) is 0.784. The summed E-state index contributed by atoms with van der Waals surface area (Å²) >= 11 is 0. The monoisotopic (exact) mass is 236 g/mol. The molecule has 0 spiro atoms. The van der Waals surface area contributed by atoms with Crippen molar-refractivity contribution in [2.45, 2.75) is 19.6 Å². The molecule has 0 radical (unpaired) electrons. The van der Waals surface area contributed by atoms with Gasteiger partial charge in [-0.3, -0.25) is 4.79 Å². The van der Waals surface area contributed by atoms with Crippen LogP contribution in [0.5, 0.6) is 0 Å². The second-order valence-electron chi connectivity index (χ2n) is 3.73. The van der Waals surface area contributed by atoms with Crippen LogP contribution < -0.4 is 11.3 Å². The van der Waals surface area contributed by atoms with E-state index >= 15 is 0 Å². The van der Waals surface area contributed by atoms with Gasteiger partial charge in [0.15, 0.2) is 0 Å². The van der Waals surface area contributed by atoms with E-state index in [-0.39, 0.29) is 11.7 Å². The van der Waals surface area contributed by atoms with Crippen molar-refractivity contribution >= 4 is 5.52 Å². The van der Waals surface area contributed by atoms with Crippen LogP contribution in [0.1, 0.15) is 6.92 Å². The third-order valence-electron chi connectivity index (χ3n) is 2.60. The molecule has 0 fully saturated rings. The number of nitrogens with zero attached hydrogens (tertiary/aromatic N) is 3. The molecule has 0 aromatic carbocycles. The van der Waals surface area contributed by atoms with Gasteiger partial charge in [0, 0.05) is 25.5 Å². The van der Waals surface area contributed by atoms with Crippen LogP contribution in [0.2, 0.25) is 0 Å². The number of ether oxygens (including phenoxy) is 1. The SMILES string of the molecule is CCOC(CN)Cn1ccn2nccc2c1=O. The van der Waals surface area contributed by atoms with Crippen molar-refractivity contribution in [3.8, 4) is 0 Å². The Kier molecular flexibility index (Phi) is 3.55. The van der Waals surface area contributed by atoms with Crippen LogP contribution in [-0.2, 0) is 11.3 Å². The molecule has 0 saturated heterocycles. The summed E-state index contributed by atoms with van der Waals surface area (Å²) in [5.41, 5.74) is 6.07. The zero-order valence-electron chi connectivity index (χ0n) is 9.74. The minimum atomic E-state index is -0.136. The van der Waals surface area contributed by atoms with E-state index in [1.165, 1.54) is 0 Å². The second-order valence-corrected chi connectivity index (χ2v) is 3.73. The zero-order valence-corrected chi connectivity index (χ0v) is 9.74. The number of hydrogen-bond donors (Lipinski definition) is 1. The molecule has 0 saturated carbocycles. The van der Waals surface area contributed by atoms with Gasteiger partial charge in [0.2, 0.25) is 0 Å². The number of rotatable bonds is 5. The molecule has 0 aliphatic rings. The fraction of sp³-hybridized carbons (Fsp3) is 0.455. The third kappa shape index (κ3) is 2.37. The smallest absolute Gasteiger partial charge is 0.276 e. The van der Waals surface area contributed by atoms with E-state index in [4.69, 9.17) is 10.5 Å². The van der Waals surface area contributed by atoms with E-state index in [2.05, 4.69) is 5.10 Å². The number of aromatic nitrogens is 3. The van der Waals surface area contributed by atoms with E-state index < -0.39 is 0 Å². The number of hydrogen-bond acceptors (Lipinski definition) is 4. The molecule has 0 bridgehead atoms. The molecular weight excluding hydrogens is 220 g/mol. The molecule has 0 aliphatic carbocycles. The largest absolute Gasteiger partial charge is 0.375 e. The van der Waals surface area contributed by atoms with Crippen molar-refractivity contribution < 1.29 is 4.74 Å². The molecule has 2 heterocycles. The van der Waals surface area contributed by atoms with Gasteiger partial charge in [-0.25, -0.2) is 4.52 Å². The van der Waals surface area contributed by atoms with Gasteiger partial charge in [0.05, 0.1) is 18.8 Å². The highest BCUT2D eigenvalue weighted by atomic mass is 16.5. The standard InChI is InChI=1S/C11H16N4O2/c1-2-17-9(7-12)8-14-5-6-15-10(11(14)16)3-4-13-15/h3-6,9H,2,7-8,12H2,1H3. The molecule has 6 nitrogen and oxygen atoms in total. The van der Waals surface area contributed by atoms with E-state index in [0.717, 1.165) is 0 Å². The van der Waals surface area contributed by atoms with Gasteiger partial charge in [-0.15, -0.1) is 0 Å². The molecule has 17 heavy (non-hydrogen) atoms. The van der Waals surface area contributed by atoms with Gasteiger partial charge in [0.1, 0.15) is 5.52 Å². The number of nitrogens with two attached hydrogens (primary N) is 1. The van der Waals surface area contributed by atoms with Crippen LogP contribution in [0.3, 0.4) is 0 Å². The Morgan fingerprint density at radius 1 is 1.53 bits per heavy atom. The molecule has 1 unspecified atom stereocenters. The van der Waals surface area contributed by atoms with Crippen molar-refractivity contribution in [3.63, 3.8) is 0 Å². The summed E-state index contributed by atoms with van der Waals surface area (Å²) in [7, 11) is 0. The summed E-state index contributed by atoms with van der Waals surface area (Å²) in [6.07, 6.45) is 4.91. The zero-order chi connectivity index (χ0) is 12.3. The average molecular weight is 236 g/mol. The van der Waals surface area contributed by atoms with E-state index in [1.54, 1.807) is 33.7 Å². The van der Waals surface area contributed by atoms with E-state index in [1.807, 2.05) is 6.92 Å². The fourth-order valence-electron chi connectivity index (χ4n) is 1.75. The van der Waals surface area contributed by atoms with Crippen LogP contribution in [-0.4, -0.2) is 33.4 Å². The maximum absolute atomic E-state index is 12.1. The lowest BCUT2D eigenvalue weighted by atomic mass is 10.3. The fourth-order valence-corrected chi connectivity index (χ4v) is 1.75. The maximum atomic E-state index is 12.1. The molecule has 92 valence electrons. The summed E-state index contributed by atoms with van der Waals surface area (Å²) in [6, 6.07) is 1.69. The van der Waals surface area contributed by atoms with Crippen LogP contribution in [0.4, 0.5) is 0 Å². The van der Waals surface area contributed by atoms with Crippen LogP contribution in [0, 0.1) is 0 Å². The van der Waals surface area contributed by atoms with Crippen molar-refractivity contribution in [2.24, 2.45) is 5.73 Å². The van der Waals surface area contributed by atoms with Crippen molar-refractivity contribution in [3.05, 3.63) is 35.0 Å². The van der Waals surface area contributed by atoms with Crippen LogP contribution in [0.15, 0.2) is 29.5 Å². The van der Waals surface area contributed by atoms with Gasteiger partial charge in [-0.2, -0.15) is 5.10 Å². The van der Waals surface area contributed by atoms with Gasteiger partial charge in [-0.1, -0.05) is 0 Å². The molecule has 1 atom stereocenters. The van der Waals surface area contributed by atoms with Gasteiger partial charge < -0.3 is 15.0 Å². The summed E-state index contributed by atoms with van der Waals surface area (Å²) in [5.74, 6) is 0. The van der Waals surface area contributed by atoms with Crippen molar-refractivity contribution in [2.75, 3.05) is 13.2 Å². The minimum Gasteiger partial charge on any atom is -0.375 e. The lowest BCUT2D eigenvalue weighted by Crippen LogP contribution is -2.33. The summed E-state index contributed by atoms with van der Waals surface area (Å²) in [5, 5.41) is 4.00. The third-order valence-corrected chi connectivity index (χ3v) is 2.60. The first kappa shape index (κ1) is 11.8. The summed E-state index contributed by atoms with van der Waals surface area (Å²) < 4.78 is 8.59. The second kappa shape index (κ2) is 5.11. The predicted molar refractivity (Wildman–Crippen MR) is 63.9 cm³/mol. The molecule has 2 rings (SSSR count). The first-order valence-electron chi connectivity index (χ1n) is 5.60. The van der Waals surface area contributed by atoms with E-state index in [0.29, 0.717) is 25.2 Å². The highest BCUT2D eigenvalue weighted by Crippen LogP contribution is 1.98. The van der Waals surface area contributed by atoms with Gasteiger partial charge >= 0.3 is 0 Å². The van der Waals surface area contributed by atoms with Gasteiger partial charge in [-0.05, 0) is 13.0 Å². The molecule has 6 heteroatoms. The Hall–Kier alpha value is -1.66. The number of fused-ring (bicyclic) bond motifs is 1. The molecule has 0 aliphatic heterocycles. The highest BCUT2D eigenvalue weighted by Gasteiger charge is 2.09. The first-order chi connectivity index (χ1) is 8.26. The highest BCUT2D eigenvalue weighted by molar-refractivity contribution is 5.42. The Morgan fingerprint density at radius 2 is 2.35 bits per heavy atom. The Morgan fingerprint density at radius 3 is 3.06 bits per heavy atom. The Bertz CT molecular complexity index is 546. The van der Waals surface area contributed by atoms with Gasteiger partial charge in [0.25, 0.3) is 5.56 Å². The van der Waals surface area contributed by atoms with E-state index in [9.17, 15) is 4.79 Å². The predicted octanol–water partition coefficient (Wildman–Crippen LogP) is -0.140. The molecule has 2 N–H and O–H groups in total. The molecule has 2 aromatic heterocycles. The normalized spacial score (nSPS) is 13.1.